The number of carbonyl (C=O) groups excluding carboxylic acids is 2. The molecule has 0 bridgehead atoms. The minimum Gasteiger partial charge on any atom is -0.480 e. The lowest BCUT2D eigenvalue weighted by atomic mass is 9.99. The fourth-order valence-electron chi connectivity index (χ4n) is 3.97. The first-order valence-corrected chi connectivity index (χ1v) is 8.93. The fourth-order valence-corrected chi connectivity index (χ4v) is 3.97. The van der Waals surface area contributed by atoms with Crippen molar-refractivity contribution in [1.82, 2.24) is 15.1 Å². The molecule has 3 heterocycles. The maximum Gasteiger partial charge on any atom is 0.328 e. The zero-order valence-corrected chi connectivity index (χ0v) is 14.9. The standard InChI is InChI=1S/C18H21N5O4/c1-21-14-7-8-22(10-13(14)19-18(21)27)16(24)12-9-15(17(25)26)23(20-12)11-5-3-2-4-6-11/h2-6,13-15H,7-10H2,1H3,(H,19,27)(H,25,26)/t13-,14+,15?/m1/s1. The van der Waals surface area contributed by atoms with Crippen LogP contribution in [0.5, 0.6) is 0 Å². The van der Waals surface area contributed by atoms with E-state index in [1.165, 1.54) is 5.01 Å². The zero-order valence-electron chi connectivity index (χ0n) is 14.9. The average Bonchev–Trinajstić information content (AvgIpc) is 3.24. The minimum atomic E-state index is -1.02. The number of aliphatic carboxylic acids is 1. The van der Waals surface area contributed by atoms with Gasteiger partial charge in [-0.3, -0.25) is 9.80 Å². The first-order valence-electron chi connectivity index (χ1n) is 8.93. The Labute approximate surface area is 156 Å². The first-order chi connectivity index (χ1) is 13.0. The van der Waals surface area contributed by atoms with Crippen LogP contribution >= 0.6 is 0 Å². The predicted molar refractivity (Wildman–Crippen MR) is 97.5 cm³/mol. The molecule has 0 saturated carbocycles. The Morgan fingerprint density at radius 3 is 2.70 bits per heavy atom. The molecule has 3 aliphatic rings. The third-order valence-electron chi connectivity index (χ3n) is 5.45. The molecule has 142 valence electrons. The lowest BCUT2D eigenvalue weighted by molar-refractivity contribution is -0.138. The third-order valence-corrected chi connectivity index (χ3v) is 5.45. The third kappa shape index (κ3) is 2.98. The summed E-state index contributed by atoms with van der Waals surface area (Å²) in [6.45, 7) is 0.920. The summed E-state index contributed by atoms with van der Waals surface area (Å²) < 4.78 is 0. The Hall–Kier alpha value is -3.10. The van der Waals surface area contributed by atoms with Gasteiger partial charge in [0.1, 0.15) is 5.71 Å². The van der Waals surface area contributed by atoms with Crippen LogP contribution in [0.4, 0.5) is 10.5 Å². The highest BCUT2D eigenvalue weighted by Crippen LogP contribution is 2.27. The number of urea groups is 1. The van der Waals surface area contributed by atoms with Gasteiger partial charge < -0.3 is 20.2 Å². The summed E-state index contributed by atoms with van der Waals surface area (Å²) in [4.78, 5) is 39.7. The Morgan fingerprint density at radius 1 is 1.26 bits per heavy atom. The molecule has 27 heavy (non-hydrogen) atoms. The molecule has 0 aromatic heterocycles. The Kier molecular flexibility index (Phi) is 4.21. The van der Waals surface area contributed by atoms with Gasteiger partial charge >= 0.3 is 12.0 Å². The van der Waals surface area contributed by atoms with Crippen molar-refractivity contribution in [2.45, 2.75) is 31.0 Å². The Balaban J connectivity index is 1.52. The number of rotatable bonds is 3. The van der Waals surface area contributed by atoms with Gasteiger partial charge in [-0.15, -0.1) is 0 Å². The van der Waals surface area contributed by atoms with E-state index in [2.05, 4.69) is 10.4 Å². The van der Waals surface area contributed by atoms with Gasteiger partial charge in [0, 0.05) is 26.6 Å². The summed E-state index contributed by atoms with van der Waals surface area (Å²) in [6.07, 6.45) is 0.740. The summed E-state index contributed by atoms with van der Waals surface area (Å²) in [6, 6.07) is 7.91. The quantitative estimate of drug-likeness (QED) is 0.797. The molecule has 0 spiro atoms. The number of hydrogen-bond donors (Lipinski definition) is 2. The summed E-state index contributed by atoms with van der Waals surface area (Å²) in [5.41, 5.74) is 0.874. The second-order valence-corrected chi connectivity index (χ2v) is 7.06. The van der Waals surface area contributed by atoms with Crippen molar-refractivity contribution in [3.8, 4) is 0 Å². The molecular formula is C18H21N5O4. The number of anilines is 1. The lowest BCUT2D eigenvalue weighted by Crippen LogP contribution is -2.53. The van der Waals surface area contributed by atoms with Gasteiger partial charge in [-0.05, 0) is 18.6 Å². The van der Waals surface area contributed by atoms with E-state index in [9.17, 15) is 19.5 Å². The molecule has 1 aromatic carbocycles. The van der Waals surface area contributed by atoms with Crippen molar-refractivity contribution in [2.75, 3.05) is 25.1 Å². The van der Waals surface area contributed by atoms with E-state index in [4.69, 9.17) is 0 Å². The number of carboxylic acids is 1. The van der Waals surface area contributed by atoms with Gasteiger partial charge in [0.25, 0.3) is 5.91 Å². The first kappa shape index (κ1) is 17.3. The maximum absolute atomic E-state index is 12.9. The van der Waals surface area contributed by atoms with Gasteiger partial charge in [-0.1, -0.05) is 18.2 Å². The van der Waals surface area contributed by atoms with Crippen LogP contribution in [0.2, 0.25) is 0 Å². The van der Waals surface area contributed by atoms with Crippen LogP contribution in [0.1, 0.15) is 12.8 Å². The molecule has 3 atom stereocenters. The van der Waals surface area contributed by atoms with Gasteiger partial charge in [0.05, 0.1) is 17.8 Å². The molecule has 2 fully saturated rings. The number of carboxylic acid groups (broad SMARTS) is 1. The van der Waals surface area contributed by atoms with Gasteiger partial charge in [-0.2, -0.15) is 5.10 Å². The monoisotopic (exact) mass is 371 g/mol. The van der Waals surface area contributed by atoms with E-state index < -0.39 is 12.0 Å². The van der Waals surface area contributed by atoms with Crippen LogP contribution < -0.4 is 10.3 Å². The van der Waals surface area contributed by atoms with Gasteiger partial charge in [-0.25, -0.2) is 9.59 Å². The Bertz CT molecular complexity index is 811. The van der Waals surface area contributed by atoms with Crippen LogP contribution in [0.15, 0.2) is 35.4 Å². The molecule has 9 heteroatoms. The van der Waals surface area contributed by atoms with Gasteiger partial charge in [0.15, 0.2) is 6.04 Å². The number of piperidine rings is 1. The molecule has 3 amide bonds. The smallest absolute Gasteiger partial charge is 0.328 e. The number of likely N-dealkylation sites (tertiary alicyclic amines) is 1. The number of carbonyl (C=O) groups is 3. The number of benzene rings is 1. The van der Waals surface area contributed by atoms with Crippen molar-refractivity contribution in [3.05, 3.63) is 30.3 Å². The molecule has 2 N–H and O–H groups in total. The molecule has 3 aliphatic heterocycles. The van der Waals surface area contributed by atoms with E-state index in [0.717, 1.165) is 0 Å². The van der Waals surface area contributed by atoms with E-state index in [1.54, 1.807) is 41.1 Å². The largest absolute Gasteiger partial charge is 0.480 e. The number of nitrogens with one attached hydrogen (secondary N) is 1. The molecule has 1 unspecified atom stereocenters. The molecule has 9 nitrogen and oxygen atoms in total. The highest BCUT2D eigenvalue weighted by atomic mass is 16.4. The lowest BCUT2D eigenvalue weighted by Gasteiger charge is -2.35. The number of hydrogen-bond acceptors (Lipinski definition) is 5. The van der Waals surface area contributed by atoms with Crippen LogP contribution in [0.3, 0.4) is 0 Å². The summed E-state index contributed by atoms with van der Waals surface area (Å²) in [5, 5.41) is 18.2. The highest BCUT2D eigenvalue weighted by Gasteiger charge is 2.44. The van der Waals surface area contributed by atoms with E-state index in [1.807, 2.05) is 6.07 Å². The number of amides is 3. The highest BCUT2D eigenvalue weighted by molar-refractivity contribution is 6.40. The molecule has 2 saturated heterocycles. The van der Waals surface area contributed by atoms with Crippen molar-refractivity contribution in [3.63, 3.8) is 0 Å². The van der Waals surface area contributed by atoms with Crippen LogP contribution in [0.25, 0.3) is 0 Å². The Morgan fingerprint density at radius 2 is 2.00 bits per heavy atom. The molecular weight excluding hydrogens is 350 g/mol. The SMILES string of the molecule is CN1C(=O)N[C@@H]2CN(C(=O)C3=NN(c4ccccc4)C(C(=O)O)C3)CC[C@@H]21. The topological polar surface area (TPSA) is 106 Å². The second kappa shape index (κ2) is 6.57. The molecule has 0 aliphatic carbocycles. The van der Waals surface area contributed by atoms with Crippen LogP contribution in [-0.2, 0) is 9.59 Å². The number of nitrogens with zero attached hydrogens (tertiary/aromatic N) is 4. The second-order valence-electron chi connectivity index (χ2n) is 7.06. The minimum absolute atomic E-state index is 0.0555. The van der Waals surface area contributed by atoms with E-state index >= 15 is 0 Å². The summed E-state index contributed by atoms with van der Waals surface area (Å²) >= 11 is 0. The van der Waals surface area contributed by atoms with Crippen molar-refractivity contribution in [2.24, 2.45) is 5.10 Å². The molecule has 4 rings (SSSR count). The van der Waals surface area contributed by atoms with Crippen LogP contribution in [-0.4, -0.2) is 76.8 Å². The normalized spacial score (nSPS) is 27.3. The van der Waals surface area contributed by atoms with Crippen molar-refractivity contribution < 1.29 is 19.5 Å². The fraction of sp³-hybridized carbons (Fsp3) is 0.444. The maximum atomic E-state index is 12.9. The number of hydrazone groups is 1. The number of para-hydroxylation sites is 1. The van der Waals surface area contributed by atoms with E-state index in [0.29, 0.717) is 25.2 Å². The zero-order chi connectivity index (χ0) is 19.1. The summed E-state index contributed by atoms with van der Waals surface area (Å²) in [5.74, 6) is -1.28. The predicted octanol–water partition coefficient (Wildman–Crippen LogP) is 0.330. The van der Waals surface area contributed by atoms with Crippen LogP contribution in [0, 0.1) is 0 Å². The number of fused-ring (bicyclic) bond motifs is 1. The molecule has 0 radical (unpaired) electrons. The number of likely N-dealkylation sites (N-methyl/N-ethyl adjacent to an activating group) is 1. The van der Waals surface area contributed by atoms with Crippen molar-refractivity contribution >= 4 is 29.3 Å². The van der Waals surface area contributed by atoms with Gasteiger partial charge in [0.2, 0.25) is 0 Å². The average molecular weight is 371 g/mol. The molecule has 1 aromatic rings. The van der Waals surface area contributed by atoms with E-state index in [-0.39, 0.29) is 36.2 Å². The van der Waals surface area contributed by atoms with Crippen molar-refractivity contribution in [1.29, 1.82) is 0 Å². The summed E-state index contributed by atoms with van der Waals surface area (Å²) in [7, 11) is 1.76.